The molecule has 19 heavy (non-hydrogen) atoms. The van der Waals surface area contributed by atoms with Crippen molar-refractivity contribution < 1.29 is 4.79 Å². The number of carbonyl (C=O) groups is 1. The molecule has 1 aliphatic rings. The van der Waals surface area contributed by atoms with Gasteiger partial charge in [-0.15, -0.1) is 0 Å². The van der Waals surface area contributed by atoms with Gasteiger partial charge in [-0.05, 0) is 31.0 Å². The van der Waals surface area contributed by atoms with Crippen molar-refractivity contribution in [1.29, 1.82) is 5.26 Å². The molecule has 1 aromatic carbocycles. The van der Waals surface area contributed by atoms with Gasteiger partial charge in [0.05, 0.1) is 5.56 Å². The zero-order chi connectivity index (χ0) is 13.8. The van der Waals surface area contributed by atoms with E-state index in [0.717, 1.165) is 12.8 Å². The average Bonchev–Trinajstić information content (AvgIpc) is 2.47. The number of hydrogen-bond acceptors (Lipinski definition) is 3. The Morgan fingerprint density at radius 1 is 1.37 bits per heavy atom. The van der Waals surface area contributed by atoms with Crippen molar-refractivity contribution in [3.05, 3.63) is 29.3 Å². The van der Waals surface area contributed by atoms with Crippen LogP contribution in [0.15, 0.2) is 18.2 Å². The van der Waals surface area contributed by atoms with Gasteiger partial charge in [0.25, 0.3) is 5.91 Å². The Balaban J connectivity index is 2.17. The second-order valence-corrected chi connectivity index (χ2v) is 5.12. The Labute approximate surface area is 113 Å². The molecular formula is C15H19N3O. The molecule has 100 valence electrons. The molecule has 1 aromatic rings. The Morgan fingerprint density at radius 3 is 2.68 bits per heavy atom. The van der Waals surface area contributed by atoms with Crippen LogP contribution >= 0.6 is 0 Å². The van der Waals surface area contributed by atoms with E-state index in [4.69, 9.17) is 11.0 Å². The van der Waals surface area contributed by atoms with Crippen molar-refractivity contribution in [3.63, 3.8) is 0 Å². The summed E-state index contributed by atoms with van der Waals surface area (Å²) in [5, 5.41) is 8.96. The highest BCUT2D eigenvalue weighted by Gasteiger charge is 2.23. The largest absolute Gasteiger partial charge is 0.398 e. The third kappa shape index (κ3) is 2.87. The third-order valence-corrected chi connectivity index (χ3v) is 3.86. The lowest BCUT2D eigenvalue weighted by Crippen LogP contribution is -2.38. The summed E-state index contributed by atoms with van der Waals surface area (Å²) in [6.45, 7) is 0. The molecule has 0 atom stereocenters. The highest BCUT2D eigenvalue weighted by Crippen LogP contribution is 2.23. The van der Waals surface area contributed by atoms with E-state index in [2.05, 4.69) is 0 Å². The van der Waals surface area contributed by atoms with Gasteiger partial charge < -0.3 is 10.6 Å². The summed E-state index contributed by atoms with van der Waals surface area (Å²) in [5.74, 6) is -0.0246. The van der Waals surface area contributed by atoms with Gasteiger partial charge in [0.15, 0.2) is 0 Å². The van der Waals surface area contributed by atoms with Crippen molar-refractivity contribution in [3.8, 4) is 6.07 Å². The van der Waals surface area contributed by atoms with Gasteiger partial charge in [0.1, 0.15) is 6.07 Å². The Bertz CT molecular complexity index is 513. The number of carbonyl (C=O) groups excluding carboxylic acids is 1. The molecule has 0 unspecified atom stereocenters. The molecule has 1 amide bonds. The van der Waals surface area contributed by atoms with E-state index in [1.54, 1.807) is 18.2 Å². The van der Waals surface area contributed by atoms with E-state index in [9.17, 15) is 4.79 Å². The first-order chi connectivity index (χ1) is 9.13. The first kappa shape index (κ1) is 13.4. The minimum Gasteiger partial charge on any atom is -0.398 e. The van der Waals surface area contributed by atoms with Crippen LogP contribution in [-0.2, 0) is 0 Å². The molecule has 1 fully saturated rings. The fraction of sp³-hybridized carbons (Fsp3) is 0.467. The van der Waals surface area contributed by atoms with E-state index < -0.39 is 0 Å². The number of nitrogens with two attached hydrogens (primary N) is 1. The first-order valence-corrected chi connectivity index (χ1v) is 6.70. The lowest BCUT2D eigenvalue weighted by molar-refractivity contribution is 0.0696. The number of nitrogen functional groups attached to an aromatic ring is 1. The molecule has 0 spiro atoms. The summed E-state index contributed by atoms with van der Waals surface area (Å²) in [4.78, 5) is 14.2. The average molecular weight is 257 g/mol. The third-order valence-electron chi connectivity index (χ3n) is 3.86. The maximum atomic E-state index is 12.4. The van der Waals surface area contributed by atoms with Crippen LogP contribution in [0.1, 0.15) is 48.0 Å². The molecule has 0 saturated heterocycles. The SMILES string of the molecule is CN(C(=O)c1ccc(N)c(C#N)c1)C1CCCCC1. The van der Waals surface area contributed by atoms with Gasteiger partial charge in [0.2, 0.25) is 0 Å². The predicted octanol–water partition coefficient (Wildman–Crippen LogP) is 2.55. The Hall–Kier alpha value is -2.02. The van der Waals surface area contributed by atoms with E-state index in [-0.39, 0.29) is 5.91 Å². The van der Waals surface area contributed by atoms with Crippen LogP contribution < -0.4 is 5.73 Å². The summed E-state index contributed by atoms with van der Waals surface area (Å²) in [7, 11) is 1.85. The van der Waals surface area contributed by atoms with Crippen LogP contribution in [0.5, 0.6) is 0 Å². The zero-order valence-corrected chi connectivity index (χ0v) is 11.2. The van der Waals surface area contributed by atoms with E-state index in [1.165, 1.54) is 19.3 Å². The van der Waals surface area contributed by atoms with Gasteiger partial charge in [-0.2, -0.15) is 5.26 Å². The summed E-state index contributed by atoms with van der Waals surface area (Å²) in [6.07, 6.45) is 5.78. The second kappa shape index (κ2) is 5.75. The lowest BCUT2D eigenvalue weighted by atomic mass is 9.94. The molecule has 0 heterocycles. The zero-order valence-electron chi connectivity index (χ0n) is 11.2. The smallest absolute Gasteiger partial charge is 0.253 e. The molecule has 0 bridgehead atoms. The van der Waals surface area contributed by atoms with Crippen molar-refractivity contribution >= 4 is 11.6 Å². The molecule has 0 aliphatic heterocycles. The maximum absolute atomic E-state index is 12.4. The van der Waals surface area contributed by atoms with E-state index in [1.807, 2.05) is 18.0 Å². The minimum atomic E-state index is -0.0246. The van der Waals surface area contributed by atoms with Crippen molar-refractivity contribution in [1.82, 2.24) is 4.90 Å². The van der Waals surface area contributed by atoms with Crippen molar-refractivity contribution in [2.75, 3.05) is 12.8 Å². The second-order valence-electron chi connectivity index (χ2n) is 5.12. The maximum Gasteiger partial charge on any atom is 0.253 e. The lowest BCUT2D eigenvalue weighted by Gasteiger charge is -2.31. The quantitative estimate of drug-likeness (QED) is 0.828. The summed E-state index contributed by atoms with van der Waals surface area (Å²) in [5.41, 5.74) is 6.99. The van der Waals surface area contributed by atoms with Gasteiger partial charge in [-0.1, -0.05) is 19.3 Å². The summed E-state index contributed by atoms with van der Waals surface area (Å²) in [6, 6.07) is 7.23. The molecule has 0 radical (unpaired) electrons. The van der Waals surface area contributed by atoms with Crippen molar-refractivity contribution in [2.45, 2.75) is 38.1 Å². The summed E-state index contributed by atoms with van der Waals surface area (Å²) >= 11 is 0. The van der Waals surface area contributed by atoms with Crippen LogP contribution in [0, 0.1) is 11.3 Å². The Kier molecular flexibility index (Phi) is 4.06. The van der Waals surface area contributed by atoms with E-state index in [0.29, 0.717) is 22.9 Å². The molecule has 1 aliphatic carbocycles. The van der Waals surface area contributed by atoms with Gasteiger partial charge >= 0.3 is 0 Å². The number of nitrogens with zero attached hydrogens (tertiary/aromatic N) is 2. The van der Waals surface area contributed by atoms with Crippen molar-refractivity contribution in [2.24, 2.45) is 0 Å². The standard InChI is InChI=1S/C15H19N3O/c1-18(13-5-3-2-4-6-13)15(19)11-7-8-14(17)12(9-11)10-16/h7-9,13H,2-6,17H2,1H3. The molecule has 2 rings (SSSR count). The molecule has 4 heteroatoms. The molecule has 4 nitrogen and oxygen atoms in total. The van der Waals surface area contributed by atoms with Crippen LogP contribution in [-0.4, -0.2) is 23.9 Å². The van der Waals surface area contributed by atoms with Crippen LogP contribution in [0.4, 0.5) is 5.69 Å². The number of rotatable bonds is 2. The number of amides is 1. The van der Waals surface area contributed by atoms with Crippen LogP contribution in [0.2, 0.25) is 0 Å². The van der Waals surface area contributed by atoms with Crippen LogP contribution in [0.25, 0.3) is 0 Å². The van der Waals surface area contributed by atoms with Gasteiger partial charge in [-0.25, -0.2) is 0 Å². The predicted molar refractivity (Wildman–Crippen MR) is 74.5 cm³/mol. The highest BCUT2D eigenvalue weighted by atomic mass is 16.2. The minimum absolute atomic E-state index is 0.0246. The van der Waals surface area contributed by atoms with E-state index >= 15 is 0 Å². The number of hydrogen-bond donors (Lipinski definition) is 1. The topological polar surface area (TPSA) is 70.1 Å². The molecular weight excluding hydrogens is 238 g/mol. The number of benzene rings is 1. The number of nitriles is 1. The summed E-state index contributed by atoms with van der Waals surface area (Å²) < 4.78 is 0. The molecule has 2 N–H and O–H groups in total. The van der Waals surface area contributed by atoms with Crippen LogP contribution in [0.3, 0.4) is 0 Å². The number of anilines is 1. The first-order valence-electron chi connectivity index (χ1n) is 6.70. The van der Waals surface area contributed by atoms with Gasteiger partial charge in [-0.3, -0.25) is 4.79 Å². The normalized spacial score (nSPS) is 15.8. The highest BCUT2D eigenvalue weighted by molar-refractivity contribution is 5.95. The van der Waals surface area contributed by atoms with Gasteiger partial charge in [0, 0.05) is 24.3 Å². The molecule has 0 aromatic heterocycles. The Morgan fingerprint density at radius 2 is 2.05 bits per heavy atom. The fourth-order valence-corrected chi connectivity index (χ4v) is 2.62. The molecule has 1 saturated carbocycles. The fourth-order valence-electron chi connectivity index (χ4n) is 2.62. The monoisotopic (exact) mass is 257 g/mol.